The smallest absolute Gasteiger partial charge is 0.355 e. The van der Waals surface area contributed by atoms with E-state index in [1.165, 1.54) is 29.4 Å². The number of likely N-dealkylation sites (N-methyl/N-ethyl adjacent to an activating group) is 1. The van der Waals surface area contributed by atoms with Gasteiger partial charge in [-0.3, -0.25) is 19.4 Å². The Hall–Kier alpha value is -2.65. The fourth-order valence-corrected chi connectivity index (χ4v) is 2.83. The molecule has 26 heavy (non-hydrogen) atoms. The summed E-state index contributed by atoms with van der Waals surface area (Å²) < 4.78 is 36.9. The molecule has 1 aromatic rings. The van der Waals surface area contributed by atoms with Crippen LogP contribution in [0.3, 0.4) is 0 Å². The number of pyridine rings is 1. The zero-order valence-corrected chi connectivity index (χ0v) is 14.0. The van der Waals surface area contributed by atoms with Crippen LogP contribution in [0.15, 0.2) is 24.5 Å². The fraction of sp³-hybridized carbons (Fsp3) is 0.500. The van der Waals surface area contributed by atoms with E-state index >= 15 is 0 Å². The molecule has 3 amide bonds. The predicted octanol–water partition coefficient (Wildman–Crippen LogP) is 0.869. The van der Waals surface area contributed by atoms with Gasteiger partial charge in [-0.25, -0.2) is 0 Å². The van der Waals surface area contributed by atoms with Gasteiger partial charge in [0.05, 0.1) is 0 Å². The highest BCUT2D eigenvalue weighted by Gasteiger charge is 2.41. The number of rotatable bonds is 5. The van der Waals surface area contributed by atoms with E-state index in [4.69, 9.17) is 0 Å². The molecule has 142 valence electrons. The third-order valence-electron chi connectivity index (χ3n) is 3.87. The van der Waals surface area contributed by atoms with Gasteiger partial charge >= 0.3 is 6.18 Å². The van der Waals surface area contributed by atoms with E-state index in [0.29, 0.717) is 12.1 Å². The Morgan fingerprint density at radius 3 is 2.50 bits per heavy atom. The number of alkyl halides is 3. The Bertz CT molecular complexity index is 666. The van der Waals surface area contributed by atoms with Crippen LogP contribution < -0.4 is 10.6 Å². The van der Waals surface area contributed by atoms with Gasteiger partial charge in [0.25, 0.3) is 5.91 Å². The first-order valence-electron chi connectivity index (χ1n) is 8.06. The Morgan fingerprint density at radius 1 is 1.27 bits per heavy atom. The molecular weight excluding hydrogens is 353 g/mol. The minimum absolute atomic E-state index is 0.0479. The summed E-state index contributed by atoms with van der Waals surface area (Å²) in [5.41, 5.74) is 0.302. The molecule has 0 radical (unpaired) electrons. The molecule has 1 fully saturated rings. The van der Waals surface area contributed by atoms with Crippen molar-refractivity contribution in [1.82, 2.24) is 20.5 Å². The number of aromatic nitrogens is 1. The molecule has 1 aromatic heterocycles. The molecule has 0 aromatic carbocycles. The molecule has 1 aliphatic heterocycles. The van der Waals surface area contributed by atoms with Crippen LogP contribution in [-0.4, -0.2) is 59.0 Å². The lowest BCUT2D eigenvalue weighted by molar-refractivity contribution is -0.154. The molecule has 0 aliphatic carbocycles. The Morgan fingerprint density at radius 2 is 1.92 bits per heavy atom. The average molecular weight is 372 g/mol. The number of nitrogens with zero attached hydrogens (tertiary/aromatic N) is 2. The van der Waals surface area contributed by atoms with Crippen molar-refractivity contribution >= 4 is 17.7 Å². The van der Waals surface area contributed by atoms with Gasteiger partial charge in [0, 0.05) is 37.1 Å². The summed E-state index contributed by atoms with van der Waals surface area (Å²) in [6.07, 6.45) is -3.33. The van der Waals surface area contributed by atoms with E-state index < -0.39 is 42.4 Å². The number of likely N-dealkylation sites (tertiary alicyclic amines) is 1. The van der Waals surface area contributed by atoms with Crippen LogP contribution in [0.2, 0.25) is 0 Å². The van der Waals surface area contributed by atoms with Crippen molar-refractivity contribution in [3.05, 3.63) is 30.1 Å². The molecule has 1 aliphatic rings. The van der Waals surface area contributed by atoms with Gasteiger partial charge in [0.2, 0.25) is 11.8 Å². The second-order valence-electron chi connectivity index (χ2n) is 5.90. The van der Waals surface area contributed by atoms with Gasteiger partial charge in [-0.15, -0.1) is 0 Å². The maximum absolute atomic E-state index is 12.7. The summed E-state index contributed by atoms with van der Waals surface area (Å²) in [7, 11) is 0. The van der Waals surface area contributed by atoms with Gasteiger partial charge in [-0.2, -0.15) is 13.2 Å². The SMILES string of the molecule is CCNC(=O)[C@@H]1C[C@@H](NC(=O)CC(F)(F)F)CN1C(=O)c1ccncc1. The van der Waals surface area contributed by atoms with E-state index in [2.05, 4.69) is 15.6 Å². The van der Waals surface area contributed by atoms with Gasteiger partial charge < -0.3 is 15.5 Å². The number of amides is 3. The molecule has 2 atom stereocenters. The van der Waals surface area contributed by atoms with Crippen molar-refractivity contribution < 1.29 is 27.6 Å². The summed E-state index contributed by atoms with van der Waals surface area (Å²) in [6.45, 7) is 2.01. The first-order chi connectivity index (χ1) is 12.2. The molecule has 0 saturated carbocycles. The van der Waals surface area contributed by atoms with Crippen LogP contribution in [-0.2, 0) is 9.59 Å². The average Bonchev–Trinajstić information content (AvgIpc) is 2.97. The fourth-order valence-electron chi connectivity index (χ4n) is 2.83. The predicted molar refractivity (Wildman–Crippen MR) is 85.0 cm³/mol. The molecule has 2 heterocycles. The van der Waals surface area contributed by atoms with Crippen molar-refractivity contribution in [3.8, 4) is 0 Å². The van der Waals surface area contributed by atoms with Crippen molar-refractivity contribution in [2.45, 2.75) is 38.0 Å². The van der Waals surface area contributed by atoms with E-state index in [9.17, 15) is 27.6 Å². The molecule has 2 N–H and O–H groups in total. The van der Waals surface area contributed by atoms with Crippen molar-refractivity contribution in [2.24, 2.45) is 0 Å². The van der Waals surface area contributed by atoms with E-state index in [1.807, 2.05) is 0 Å². The van der Waals surface area contributed by atoms with E-state index in [0.717, 1.165) is 0 Å². The lowest BCUT2D eigenvalue weighted by Crippen LogP contribution is -2.46. The van der Waals surface area contributed by atoms with E-state index in [-0.39, 0.29) is 13.0 Å². The van der Waals surface area contributed by atoms with Gasteiger partial charge in [0.1, 0.15) is 12.5 Å². The maximum atomic E-state index is 12.7. The summed E-state index contributed by atoms with van der Waals surface area (Å²) >= 11 is 0. The topological polar surface area (TPSA) is 91.4 Å². The highest BCUT2D eigenvalue weighted by Crippen LogP contribution is 2.23. The standard InChI is InChI=1S/C16H19F3N4O3/c1-2-21-14(25)12-7-11(22-13(24)8-16(17,18)19)9-23(12)15(26)10-3-5-20-6-4-10/h3-6,11-12H,2,7-9H2,1H3,(H,21,25)(H,22,24)/t11-,12+/m1/s1. The maximum Gasteiger partial charge on any atom is 0.397 e. The van der Waals surface area contributed by atoms with Crippen molar-refractivity contribution in [3.63, 3.8) is 0 Å². The minimum Gasteiger partial charge on any atom is -0.355 e. The molecule has 10 heteroatoms. The first-order valence-corrected chi connectivity index (χ1v) is 8.06. The number of carbonyl (C=O) groups is 3. The molecule has 0 spiro atoms. The summed E-state index contributed by atoms with van der Waals surface area (Å²) in [5, 5.41) is 4.85. The molecular formula is C16H19F3N4O3. The second kappa shape index (κ2) is 8.15. The molecule has 0 bridgehead atoms. The Kier molecular flexibility index (Phi) is 6.17. The van der Waals surface area contributed by atoms with Crippen LogP contribution in [0.25, 0.3) is 0 Å². The lowest BCUT2D eigenvalue weighted by Gasteiger charge is -2.23. The van der Waals surface area contributed by atoms with Crippen LogP contribution in [0.1, 0.15) is 30.1 Å². The van der Waals surface area contributed by atoms with E-state index in [1.54, 1.807) is 6.92 Å². The zero-order valence-electron chi connectivity index (χ0n) is 14.0. The quantitative estimate of drug-likeness (QED) is 0.802. The lowest BCUT2D eigenvalue weighted by atomic mass is 10.1. The number of hydrogen-bond acceptors (Lipinski definition) is 4. The van der Waals surface area contributed by atoms with Crippen molar-refractivity contribution in [1.29, 1.82) is 0 Å². The van der Waals surface area contributed by atoms with Crippen LogP contribution in [0.5, 0.6) is 0 Å². The minimum atomic E-state index is -4.62. The number of halogens is 3. The largest absolute Gasteiger partial charge is 0.397 e. The van der Waals surface area contributed by atoms with Gasteiger partial charge in [-0.1, -0.05) is 0 Å². The number of nitrogens with one attached hydrogen (secondary N) is 2. The third kappa shape index (κ3) is 5.17. The first kappa shape index (κ1) is 19.7. The summed E-state index contributed by atoms with van der Waals surface area (Å²) in [6, 6.07) is 1.36. The number of carbonyl (C=O) groups excluding carboxylic acids is 3. The van der Waals surface area contributed by atoms with Crippen LogP contribution in [0, 0.1) is 0 Å². The Balaban J connectivity index is 2.12. The van der Waals surface area contributed by atoms with Crippen molar-refractivity contribution in [2.75, 3.05) is 13.1 Å². The summed E-state index contributed by atoms with van der Waals surface area (Å²) in [4.78, 5) is 41.5. The summed E-state index contributed by atoms with van der Waals surface area (Å²) in [5.74, 6) is -2.05. The molecule has 2 rings (SSSR count). The van der Waals surface area contributed by atoms with Crippen LogP contribution >= 0.6 is 0 Å². The zero-order chi connectivity index (χ0) is 19.3. The number of hydrogen-bond donors (Lipinski definition) is 2. The normalized spacial score (nSPS) is 19.9. The Labute approximate surface area is 148 Å². The second-order valence-corrected chi connectivity index (χ2v) is 5.90. The highest BCUT2D eigenvalue weighted by molar-refractivity contribution is 5.98. The van der Waals surface area contributed by atoms with Gasteiger partial charge in [-0.05, 0) is 25.5 Å². The third-order valence-corrected chi connectivity index (χ3v) is 3.87. The molecule has 7 nitrogen and oxygen atoms in total. The molecule has 0 unspecified atom stereocenters. The monoisotopic (exact) mass is 372 g/mol. The van der Waals surface area contributed by atoms with Crippen LogP contribution in [0.4, 0.5) is 13.2 Å². The molecule has 1 saturated heterocycles. The van der Waals surface area contributed by atoms with Gasteiger partial charge in [0.15, 0.2) is 0 Å². The highest BCUT2D eigenvalue weighted by atomic mass is 19.4.